The summed E-state index contributed by atoms with van der Waals surface area (Å²) in [6.07, 6.45) is 5.10. The van der Waals surface area contributed by atoms with Crippen molar-refractivity contribution in [2.45, 2.75) is 11.8 Å². The lowest BCUT2D eigenvalue weighted by molar-refractivity contribution is 0.502. The van der Waals surface area contributed by atoms with Crippen LogP contribution in [-0.2, 0) is 10.0 Å². The molecule has 6 heteroatoms. The van der Waals surface area contributed by atoms with Gasteiger partial charge in [0.25, 0.3) is 0 Å². The summed E-state index contributed by atoms with van der Waals surface area (Å²) in [7, 11) is -2.24. The molecule has 0 aliphatic carbocycles. The van der Waals surface area contributed by atoms with E-state index in [4.69, 9.17) is 23.8 Å². The Labute approximate surface area is 106 Å². The van der Waals surface area contributed by atoms with Crippen LogP contribution in [0.15, 0.2) is 17.0 Å². The average molecular weight is 273 g/mol. The molecule has 2 N–H and O–H groups in total. The zero-order valence-electron chi connectivity index (χ0n) is 9.57. The molecule has 92 valence electrons. The minimum atomic E-state index is -3.65. The van der Waals surface area contributed by atoms with Gasteiger partial charge in [-0.15, -0.1) is 6.42 Å². The van der Waals surface area contributed by atoms with Crippen LogP contribution in [0.25, 0.3) is 0 Å². The quantitative estimate of drug-likeness (QED) is 0.670. The van der Waals surface area contributed by atoms with Gasteiger partial charge in [-0.25, -0.2) is 8.42 Å². The van der Waals surface area contributed by atoms with Gasteiger partial charge in [-0.05, 0) is 24.6 Å². The Morgan fingerprint density at radius 3 is 2.65 bits per heavy atom. The number of anilines is 1. The predicted molar refractivity (Wildman–Crippen MR) is 69.3 cm³/mol. The van der Waals surface area contributed by atoms with Gasteiger partial charge in [0.1, 0.15) is 0 Å². The molecule has 1 rings (SSSR count). The number of nitrogens with two attached hydrogens (primary N) is 1. The molecule has 0 fully saturated rings. The third-order valence-electron chi connectivity index (χ3n) is 2.37. The highest BCUT2D eigenvalue weighted by Crippen LogP contribution is 2.27. The summed E-state index contributed by atoms with van der Waals surface area (Å²) in [5.41, 5.74) is 6.49. The van der Waals surface area contributed by atoms with Crippen molar-refractivity contribution in [3.63, 3.8) is 0 Å². The first kappa shape index (κ1) is 13.8. The topological polar surface area (TPSA) is 63.4 Å². The lowest BCUT2D eigenvalue weighted by Crippen LogP contribution is -2.28. The van der Waals surface area contributed by atoms with Crippen molar-refractivity contribution in [3.05, 3.63) is 22.7 Å². The molecule has 0 spiro atoms. The Morgan fingerprint density at radius 1 is 1.53 bits per heavy atom. The highest BCUT2D eigenvalue weighted by molar-refractivity contribution is 7.89. The van der Waals surface area contributed by atoms with Gasteiger partial charge in [-0.2, -0.15) is 4.31 Å². The second-order valence-electron chi connectivity index (χ2n) is 3.58. The average Bonchev–Trinajstić information content (AvgIpc) is 2.23. The van der Waals surface area contributed by atoms with E-state index in [1.165, 1.54) is 19.2 Å². The highest BCUT2D eigenvalue weighted by Gasteiger charge is 2.23. The number of nitrogen functional groups attached to an aromatic ring is 1. The van der Waals surface area contributed by atoms with Crippen LogP contribution in [0.3, 0.4) is 0 Å². The molecular weight excluding hydrogens is 260 g/mol. The van der Waals surface area contributed by atoms with E-state index < -0.39 is 10.0 Å². The monoisotopic (exact) mass is 272 g/mol. The van der Waals surface area contributed by atoms with Crippen LogP contribution in [0.1, 0.15) is 5.56 Å². The van der Waals surface area contributed by atoms with Crippen molar-refractivity contribution < 1.29 is 8.42 Å². The third kappa shape index (κ3) is 2.72. The van der Waals surface area contributed by atoms with Gasteiger partial charge < -0.3 is 5.73 Å². The lowest BCUT2D eigenvalue weighted by atomic mass is 10.2. The summed E-state index contributed by atoms with van der Waals surface area (Å²) < 4.78 is 25.4. The number of sulfonamides is 1. The zero-order chi connectivity index (χ0) is 13.2. The maximum absolute atomic E-state index is 12.2. The molecule has 4 nitrogen and oxygen atoms in total. The summed E-state index contributed by atoms with van der Waals surface area (Å²) in [5, 5.41) is 0.279. The first-order chi connectivity index (χ1) is 7.80. The van der Waals surface area contributed by atoms with Gasteiger partial charge in [0.2, 0.25) is 10.0 Å². The van der Waals surface area contributed by atoms with Gasteiger partial charge in [0.15, 0.2) is 0 Å². The highest BCUT2D eigenvalue weighted by atomic mass is 35.5. The van der Waals surface area contributed by atoms with Gasteiger partial charge in [0.05, 0.1) is 11.4 Å². The molecule has 0 amide bonds. The lowest BCUT2D eigenvalue weighted by Gasteiger charge is -2.17. The number of rotatable bonds is 3. The number of terminal acetylenes is 1. The van der Waals surface area contributed by atoms with E-state index >= 15 is 0 Å². The summed E-state index contributed by atoms with van der Waals surface area (Å²) in [6.45, 7) is 1.62. The summed E-state index contributed by atoms with van der Waals surface area (Å²) in [6, 6.07) is 2.88. The number of nitrogens with zero attached hydrogens (tertiary/aromatic N) is 1. The molecular formula is C11H13ClN2O2S. The Balaban J connectivity index is 3.40. The van der Waals surface area contributed by atoms with Crippen molar-refractivity contribution >= 4 is 27.3 Å². The van der Waals surface area contributed by atoms with Crippen LogP contribution in [0.4, 0.5) is 5.69 Å². The summed E-state index contributed by atoms with van der Waals surface area (Å²) in [4.78, 5) is 0.0836. The van der Waals surface area contributed by atoms with Gasteiger partial charge in [-0.3, -0.25) is 0 Å². The maximum Gasteiger partial charge on any atom is 0.244 e. The van der Waals surface area contributed by atoms with Crippen molar-refractivity contribution in [3.8, 4) is 12.3 Å². The molecule has 0 atom stereocenters. The molecule has 0 bridgehead atoms. The molecule has 0 unspecified atom stereocenters. The normalized spacial score (nSPS) is 11.5. The van der Waals surface area contributed by atoms with Gasteiger partial charge in [0, 0.05) is 17.8 Å². The fraction of sp³-hybridized carbons (Fsp3) is 0.273. The van der Waals surface area contributed by atoms with E-state index in [-0.39, 0.29) is 16.5 Å². The fourth-order valence-electron chi connectivity index (χ4n) is 1.32. The second kappa shape index (κ2) is 4.96. The van der Waals surface area contributed by atoms with E-state index in [9.17, 15) is 8.42 Å². The van der Waals surface area contributed by atoms with Crippen molar-refractivity contribution in [2.75, 3.05) is 19.3 Å². The Kier molecular flexibility index (Phi) is 4.04. The van der Waals surface area contributed by atoms with Crippen LogP contribution in [0, 0.1) is 19.3 Å². The first-order valence-electron chi connectivity index (χ1n) is 4.76. The first-order valence-corrected chi connectivity index (χ1v) is 6.58. The zero-order valence-corrected chi connectivity index (χ0v) is 11.1. The van der Waals surface area contributed by atoms with Crippen LogP contribution < -0.4 is 5.73 Å². The third-order valence-corrected chi connectivity index (χ3v) is 4.51. The molecule has 1 aromatic carbocycles. The summed E-state index contributed by atoms with van der Waals surface area (Å²) >= 11 is 5.81. The molecule has 17 heavy (non-hydrogen) atoms. The molecule has 0 radical (unpaired) electrons. The van der Waals surface area contributed by atoms with Crippen molar-refractivity contribution in [1.82, 2.24) is 4.31 Å². The summed E-state index contributed by atoms with van der Waals surface area (Å²) in [5.74, 6) is 2.27. The standard InChI is InChI=1S/C11H13ClN2O2S/c1-4-5-14(3)17(15,16)11-7-9(12)6-10(13)8(11)2/h1,6-7H,5,13H2,2-3H3. The van der Waals surface area contributed by atoms with Crippen LogP contribution in [0.5, 0.6) is 0 Å². The number of benzene rings is 1. The number of hydrogen-bond donors (Lipinski definition) is 1. The smallest absolute Gasteiger partial charge is 0.244 e. The van der Waals surface area contributed by atoms with Gasteiger partial charge >= 0.3 is 0 Å². The maximum atomic E-state index is 12.2. The Morgan fingerprint density at radius 2 is 2.12 bits per heavy atom. The number of hydrogen-bond acceptors (Lipinski definition) is 3. The predicted octanol–water partition coefficient (Wildman–Crippen LogP) is 1.48. The molecule has 0 heterocycles. The molecule has 0 aliphatic rings. The van der Waals surface area contributed by atoms with E-state index in [0.717, 1.165) is 4.31 Å². The minimum absolute atomic E-state index is 0.00576. The molecule has 0 aromatic heterocycles. The van der Waals surface area contributed by atoms with E-state index in [2.05, 4.69) is 5.92 Å². The Bertz CT molecular complexity index is 576. The molecule has 1 aromatic rings. The minimum Gasteiger partial charge on any atom is -0.398 e. The van der Waals surface area contributed by atoms with Crippen LogP contribution in [-0.4, -0.2) is 26.3 Å². The van der Waals surface area contributed by atoms with Gasteiger partial charge in [-0.1, -0.05) is 17.5 Å². The SMILES string of the molecule is C#CCN(C)S(=O)(=O)c1cc(Cl)cc(N)c1C. The van der Waals surface area contributed by atoms with E-state index in [1.807, 2.05) is 0 Å². The van der Waals surface area contributed by atoms with Crippen LogP contribution in [0.2, 0.25) is 5.02 Å². The fourth-order valence-corrected chi connectivity index (χ4v) is 2.98. The largest absolute Gasteiger partial charge is 0.398 e. The second-order valence-corrected chi connectivity index (χ2v) is 6.03. The van der Waals surface area contributed by atoms with Crippen molar-refractivity contribution in [1.29, 1.82) is 0 Å². The number of halogens is 1. The van der Waals surface area contributed by atoms with Crippen LogP contribution >= 0.6 is 11.6 Å². The van der Waals surface area contributed by atoms with E-state index in [1.54, 1.807) is 6.92 Å². The van der Waals surface area contributed by atoms with E-state index in [0.29, 0.717) is 11.3 Å². The van der Waals surface area contributed by atoms with Crippen molar-refractivity contribution in [2.24, 2.45) is 0 Å². The molecule has 0 aliphatic heterocycles. The molecule has 0 saturated heterocycles. The Hall–Kier alpha value is -1.22. The molecule has 0 saturated carbocycles.